The van der Waals surface area contributed by atoms with Gasteiger partial charge in [-0.3, -0.25) is 4.79 Å². The molecule has 0 bridgehead atoms. The van der Waals surface area contributed by atoms with Crippen molar-refractivity contribution in [1.82, 2.24) is 9.97 Å². The van der Waals surface area contributed by atoms with E-state index < -0.39 is 0 Å². The van der Waals surface area contributed by atoms with Crippen LogP contribution < -0.4 is 20.8 Å². The Hall–Kier alpha value is -3.13. The second-order valence-electron chi connectivity index (χ2n) is 7.17. The van der Waals surface area contributed by atoms with Gasteiger partial charge in [0.15, 0.2) is 6.04 Å². The summed E-state index contributed by atoms with van der Waals surface area (Å²) in [5.41, 5.74) is 2.76. The highest BCUT2D eigenvalue weighted by atomic mass is 19.1. The molecule has 28 heavy (non-hydrogen) atoms. The fourth-order valence-corrected chi connectivity index (χ4v) is 3.68. The summed E-state index contributed by atoms with van der Waals surface area (Å²) < 4.78 is 13.1. The average Bonchev–Trinajstić information content (AvgIpc) is 3.07. The van der Waals surface area contributed by atoms with Crippen LogP contribution in [0.15, 0.2) is 47.3 Å². The van der Waals surface area contributed by atoms with Gasteiger partial charge in [-0.2, -0.15) is 0 Å². The van der Waals surface area contributed by atoms with Crippen molar-refractivity contribution in [3.8, 4) is 0 Å². The molecule has 3 aromatic rings. The molecule has 1 amide bonds. The number of nitrogens with zero attached hydrogens (tertiary/aromatic N) is 1. The number of anilines is 2. The van der Waals surface area contributed by atoms with Gasteiger partial charge in [0.05, 0.1) is 37.2 Å². The number of H-pyrrole nitrogens is 2. The van der Waals surface area contributed by atoms with Crippen molar-refractivity contribution in [2.24, 2.45) is 0 Å². The number of aromatic nitrogens is 2. The number of hydrogen-bond donors (Lipinski definition) is 4. The molecule has 2 heterocycles. The van der Waals surface area contributed by atoms with Gasteiger partial charge in [0.1, 0.15) is 5.82 Å². The van der Waals surface area contributed by atoms with Gasteiger partial charge in [0.25, 0.3) is 5.91 Å². The fraction of sp³-hybridized carbons (Fsp3) is 0.300. The number of benzene rings is 2. The SMILES string of the molecule is C[C@H](C(=O)Nc1ccc2[nH]c(=O)[nH]c2c1)[NH+]1CCN(c2ccc(F)cc2)CC1. The molecule has 146 valence electrons. The lowest BCUT2D eigenvalue weighted by Crippen LogP contribution is -3.19. The minimum atomic E-state index is -0.268. The summed E-state index contributed by atoms with van der Waals surface area (Å²) in [7, 11) is 0. The topological polar surface area (TPSA) is 85.4 Å². The van der Waals surface area contributed by atoms with E-state index in [1.807, 2.05) is 6.92 Å². The summed E-state index contributed by atoms with van der Waals surface area (Å²) in [6, 6.07) is 11.6. The first-order valence-corrected chi connectivity index (χ1v) is 9.37. The number of halogens is 1. The molecule has 0 spiro atoms. The van der Waals surface area contributed by atoms with Gasteiger partial charge in [0.2, 0.25) is 0 Å². The van der Waals surface area contributed by atoms with E-state index in [1.165, 1.54) is 17.0 Å². The summed E-state index contributed by atoms with van der Waals surface area (Å²) in [5.74, 6) is -0.289. The molecule has 0 aliphatic carbocycles. The van der Waals surface area contributed by atoms with Gasteiger partial charge < -0.3 is 25.1 Å². The summed E-state index contributed by atoms with van der Waals surface area (Å²) in [5, 5.41) is 2.94. The Balaban J connectivity index is 1.36. The Bertz CT molecular complexity index is 1030. The molecule has 8 heteroatoms. The van der Waals surface area contributed by atoms with E-state index in [2.05, 4.69) is 20.2 Å². The van der Waals surface area contributed by atoms with Crippen LogP contribution in [-0.2, 0) is 4.79 Å². The first kappa shape index (κ1) is 18.2. The standard InChI is InChI=1S/C20H22FN5O2/c1-13(19(27)22-15-4-7-17-18(12-15)24-20(28)23-17)25-8-10-26(11-9-25)16-5-2-14(21)3-6-16/h2-7,12-13H,8-11H2,1H3,(H,22,27)(H2,23,24,28)/p+1/t13-/m1/s1. The number of nitrogens with one attached hydrogen (secondary N) is 4. The number of imidazole rings is 1. The maximum atomic E-state index is 13.1. The van der Waals surface area contributed by atoms with Crippen LogP contribution in [0.4, 0.5) is 15.8 Å². The van der Waals surface area contributed by atoms with Gasteiger partial charge in [0, 0.05) is 11.4 Å². The molecular weight excluding hydrogens is 361 g/mol. The zero-order valence-electron chi connectivity index (χ0n) is 15.6. The third kappa shape index (κ3) is 3.77. The first-order valence-electron chi connectivity index (χ1n) is 9.37. The smallest absolute Gasteiger partial charge is 0.323 e. The maximum Gasteiger partial charge on any atom is 0.323 e. The van der Waals surface area contributed by atoms with Crippen molar-refractivity contribution in [2.45, 2.75) is 13.0 Å². The van der Waals surface area contributed by atoms with E-state index >= 15 is 0 Å². The van der Waals surface area contributed by atoms with Gasteiger partial charge in [-0.1, -0.05) is 0 Å². The van der Waals surface area contributed by atoms with Gasteiger partial charge >= 0.3 is 5.69 Å². The number of fused-ring (bicyclic) bond motifs is 1. The summed E-state index contributed by atoms with van der Waals surface area (Å²) in [4.78, 5) is 32.8. The summed E-state index contributed by atoms with van der Waals surface area (Å²) in [6.45, 7) is 5.21. The minimum Gasteiger partial charge on any atom is -0.360 e. The molecule has 4 N–H and O–H groups in total. The zero-order valence-corrected chi connectivity index (χ0v) is 15.6. The van der Waals surface area contributed by atoms with Crippen LogP contribution in [-0.4, -0.2) is 48.1 Å². The van der Waals surface area contributed by atoms with Crippen molar-refractivity contribution in [1.29, 1.82) is 0 Å². The monoisotopic (exact) mass is 384 g/mol. The molecule has 7 nitrogen and oxygen atoms in total. The van der Waals surface area contributed by atoms with E-state index in [4.69, 9.17) is 0 Å². The Morgan fingerprint density at radius 2 is 1.79 bits per heavy atom. The molecule has 1 fully saturated rings. The molecule has 1 saturated heterocycles. The zero-order chi connectivity index (χ0) is 19.7. The number of aromatic amines is 2. The summed E-state index contributed by atoms with van der Waals surface area (Å²) in [6.07, 6.45) is 0. The van der Waals surface area contributed by atoms with Crippen molar-refractivity contribution in [3.05, 3.63) is 58.8 Å². The van der Waals surface area contributed by atoms with E-state index in [1.54, 1.807) is 30.3 Å². The molecular formula is C20H23FN5O2+. The van der Waals surface area contributed by atoms with Crippen LogP contribution in [0.2, 0.25) is 0 Å². The first-order chi connectivity index (χ1) is 13.5. The van der Waals surface area contributed by atoms with Gasteiger partial charge in [-0.25, -0.2) is 9.18 Å². The molecule has 1 atom stereocenters. The maximum absolute atomic E-state index is 13.1. The number of piperazine rings is 1. The van der Waals surface area contributed by atoms with Crippen molar-refractivity contribution < 1.29 is 14.1 Å². The predicted molar refractivity (Wildman–Crippen MR) is 106 cm³/mol. The molecule has 2 aromatic carbocycles. The molecule has 0 radical (unpaired) electrons. The number of carbonyl (C=O) groups is 1. The fourth-order valence-electron chi connectivity index (χ4n) is 3.68. The molecule has 1 aliphatic rings. The lowest BCUT2D eigenvalue weighted by atomic mass is 10.2. The minimum absolute atomic E-state index is 0.0533. The highest BCUT2D eigenvalue weighted by molar-refractivity contribution is 5.95. The van der Waals surface area contributed by atoms with Crippen molar-refractivity contribution in [2.75, 3.05) is 36.4 Å². The Morgan fingerprint density at radius 1 is 1.11 bits per heavy atom. The van der Waals surface area contributed by atoms with E-state index in [0.29, 0.717) is 16.7 Å². The van der Waals surface area contributed by atoms with Gasteiger partial charge in [-0.05, 0) is 49.4 Å². The molecule has 1 aromatic heterocycles. The van der Waals surface area contributed by atoms with Crippen LogP contribution in [0.25, 0.3) is 11.0 Å². The van der Waals surface area contributed by atoms with Crippen molar-refractivity contribution >= 4 is 28.3 Å². The van der Waals surface area contributed by atoms with Crippen LogP contribution in [0, 0.1) is 5.82 Å². The van der Waals surface area contributed by atoms with Crippen LogP contribution in [0.1, 0.15) is 6.92 Å². The average molecular weight is 384 g/mol. The lowest BCUT2D eigenvalue weighted by molar-refractivity contribution is -0.914. The van der Waals surface area contributed by atoms with E-state index in [0.717, 1.165) is 31.9 Å². The largest absolute Gasteiger partial charge is 0.360 e. The number of amides is 1. The van der Waals surface area contributed by atoms with E-state index in [9.17, 15) is 14.0 Å². The van der Waals surface area contributed by atoms with Crippen LogP contribution >= 0.6 is 0 Å². The van der Waals surface area contributed by atoms with Crippen LogP contribution in [0.5, 0.6) is 0 Å². The second kappa shape index (κ2) is 7.47. The van der Waals surface area contributed by atoms with Crippen molar-refractivity contribution in [3.63, 3.8) is 0 Å². The highest BCUT2D eigenvalue weighted by Gasteiger charge is 2.29. The third-order valence-electron chi connectivity index (χ3n) is 5.39. The number of hydrogen-bond acceptors (Lipinski definition) is 3. The Morgan fingerprint density at radius 3 is 2.50 bits per heavy atom. The lowest BCUT2D eigenvalue weighted by Gasteiger charge is -2.36. The number of quaternary nitrogens is 1. The number of rotatable bonds is 4. The predicted octanol–water partition coefficient (Wildman–Crippen LogP) is 0.727. The quantitative estimate of drug-likeness (QED) is 0.535. The Kier molecular flexibility index (Phi) is 4.87. The molecule has 4 rings (SSSR count). The molecule has 1 aliphatic heterocycles. The summed E-state index contributed by atoms with van der Waals surface area (Å²) >= 11 is 0. The van der Waals surface area contributed by atoms with Crippen LogP contribution in [0.3, 0.4) is 0 Å². The molecule has 0 saturated carbocycles. The molecule has 0 unspecified atom stereocenters. The normalized spacial score (nSPS) is 16.3. The highest BCUT2D eigenvalue weighted by Crippen LogP contribution is 2.16. The van der Waals surface area contributed by atoms with E-state index in [-0.39, 0.29) is 23.5 Å². The second-order valence-corrected chi connectivity index (χ2v) is 7.17. The third-order valence-corrected chi connectivity index (χ3v) is 5.39. The Labute approximate surface area is 161 Å². The van der Waals surface area contributed by atoms with Gasteiger partial charge in [-0.15, -0.1) is 0 Å². The number of carbonyl (C=O) groups excluding carboxylic acids is 1.